The summed E-state index contributed by atoms with van der Waals surface area (Å²) in [6.07, 6.45) is 4.90. The number of ether oxygens (including phenoxy) is 1. The van der Waals surface area contributed by atoms with E-state index in [1.165, 1.54) is 0 Å². The largest absolute Gasteiger partial charge is 0.459 e. The second-order valence-corrected chi connectivity index (χ2v) is 5.21. The van der Waals surface area contributed by atoms with Gasteiger partial charge < -0.3 is 14.5 Å². The number of furan rings is 1. The van der Waals surface area contributed by atoms with E-state index in [1.54, 1.807) is 6.26 Å². The van der Waals surface area contributed by atoms with E-state index in [4.69, 9.17) is 9.15 Å². The van der Waals surface area contributed by atoms with Crippen LogP contribution in [-0.2, 0) is 4.74 Å². The van der Waals surface area contributed by atoms with Crippen LogP contribution in [0.2, 0.25) is 0 Å². The van der Waals surface area contributed by atoms with Crippen molar-refractivity contribution in [2.75, 3.05) is 13.2 Å². The number of hydrogen-bond donors (Lipinski definition) is 1. The van der Waals surface area contributed by atoms with Gasteiger partial charge in [0.2, 0.25) is 0 Å². The lowest BCUT2D eigenvalue weighted by molar-refractivity contribution is 0.0885. The van der Waals surface area contributed by atoms with Crippen molar-refractivity contribution >= 4 is 5.91 Å². The molecule has 1 N–H and O–H groups in total. The average Bonchev–Trinajstić information content (AvgIpc) is 3.19. The van der Waals surface area contributed by atoms with Crippen LogP contribution < -0.4 is 5.32 Å². The SMILES string of the molecule is O=C(NCC[C@@H]1CCCO1)c1occc1-c1ccccc1. The van der Waals surface area contributed by atoms with Gasteiger partial charge in [-0.25, -0.2) is 0 Å². The van der Waals surface area contributed by atoms with Crippen molar-refractivity contribution in [1.29, 1.82) is 0 Å². The van der Waals surface area contributed by atoms with Crippen molar-refractivity contribution in [3.05, 3.63) is 48.4 Å². The minimum absolute atomic E-state index is 0.170. The Morgan fingerprint density at radius 2 is 2.10 bits per heavy atom. The van der Waals surface area contributed by atoms with Crippen LogP contribution >= 0.6 is 0 Å². The lowest BCUT2D eigenvalue weighted by Gasteiger charge is -2.10. The molecule has 0 radical (unpaired) electrons. The second kappa shape index (κ2) is 6.59. The summed E-state index contributed by atoms with van der Waals surface area (Å²) in [5.41, 5.74) is 1.81. The van der Waals surface area contributed by atoms with Gasteiger partial charge in [-0.1, -0.05) is 30.3 Å². The number of carbonyl (C=O) groups is 1. The van der Waals surface area contributed by atoms with Crippen LogP contribution in [0.3, 0.4) is 0 Å². The molecular weight excluding hydrogens is 266 g/mol. The van der Waals surface area contributed by atoms with Crippen LogP contribution in [0.15, 0.2) is 47.1 Å². The molecule has 0 aliphatic carbocycles. The molecule has 2 heterocycles. The van der Waals surface area contributed by atoms with Crippen LogP contribution in [0.25, 0.3) is 11.1 Å². The first kappa shape index (κ1) is 13.9. The molecule has 1 aromatic heterocycles. The predicted molar refractivity (Wildman–Crippen MR) is 80.1 cm³/mol. The van der Waals surface area contributed by atoms with Gasteiger partial charge in [0.15, 0.2) is 5.76 Å². The van der Waals surface area contributed by atoms with Gasteiger partial charge in [0.1, 0.15) is 0 Å². The molecule has 110 valence electrons. The number of nitrogens with one attached hydrogen (secondary N) is 1. The second-order valence-electron chi connectivity index (χ2n) is 5.21. The van der Waals surface area contributed by atoms with Crippen molar-refractivity contribution < 1.29 is 13.9 Å². The maximum atomic E-state index is 12.2. The summed E-state index contributed by atoms with van der Waals surface area (Å²) in [4.78, 5) is 12.2. The van der Waals surface area contributed by atoms with Gasteiger partial charge in [-0.05, 0) is 30.9 Å². The van der Waals surface area contributed by atoms with Crippen LogP contribution in [0.5, 0.6) is 0 Å². The standard InChI is InChI=1S/C17H19NO3/c19-17(18-10-8-14-7-4-11-20-14)16-15(9-12-21-16)13-5-2-1-3-6-13/h1-3,5-6,9,12,14H,4,7-8,10-11H2,(H,18,19)/t14-/m0/s1. The molecule has 4 nitrogen and oxygen atoms in total. The van der Waals surface area contributed by atoms with Gasteiger partial charge in [-0.3, -0.25) is 4.79 Å². The molecule has 1 aliphatic rings. The molecule has 1 saturated heterocycles. The minimum Gasteiger partial charge on any atom is -0.459 e. The Balaban J connectivity index is 1.61. The highest BCUT2D eigenvalue weighted by Crippen LogP contribution is 2.24. The Hall–Kier alpha value is -2.07. The van der Waals surface area contributed by atoms with Gasteiger partial charge >= 0.3 is 0 Å². The first-order chi connectivity index (χ1) is 10.3. The number of carbonyl (C=O) groups excluding carboxylic acids is 1. The number of amides is 1. The fourth-order valence-electron chi connectivity index (χ4n) is 2.63. The fraction of sp³-hybridized carbons (Fsp3) is 0.353. The summed E-state index contributed by atoms with van der Waals surface area (Å²) in [6, 6.07) is 11.6. The van der Waals surface area contributed by atoms with E-state index in [0.29, 0.717) is 12.3 Å². The van der Waals surface area contributed by atoms with E-state index < -0.39 is 0 Å². The molecule has 1 aliphatic heterocycles. The number of hydrogen-bond acceptors (Lipinski definition) is 3. The third kappa shape index (κ3) is 3.34. The van der Waals surface area contributed by atoms with Crippen molar-refractivity contribution in [2.24, 2.45) is 0 Å². The zero-order valence-electron chi connectivity index (χ0n) is 11.9. The highest BCUT2D eigenvalue weighted by Gasteiger charge is 2.18. The maximum Gasteiger partial charge on any atom is 0.287 e. The van der Waals surface area contributed by atoms with Crippen molar-refractivity contribution in [3.8, 4) is 11.1 Å². The minimum atomic E-state index is -0.170. The molecule has 0 unspecified atom stereocenters. The topological polar surface area (TPSA) is 51.5 Å². The van der Waals surface area contributed by atoms with Crippen LogP contribution in [0.4, 0.5) is 0 Å². The zero-order chi connectivity index (χ0) is 14.5. The van der Waals surface area contributed by atoms with Gasteiger partial charge in [0, 0.05) is 18.7 Å². The summed E-state index contributed by atoms with van der Waals surface area (Å²) in [6.45, 7) is 1.45. The molecule has 1 aromatic carbocycles. The molecule has 3 rings (SSSR count). The van der Waals surface area contributed by atoms with Crippen LogP contribution in [-0.4, -0.2) is 25.2 Å². The van der Waals surface area contributed by atoms with Gasteiger partial charge in [0.25, 0.3) is 5.91 Å². The molecule has 0 saturated carbocycles. The molecular formula is C17H19NO3. The normalized spacial score (nSPS) is 17.8. The van der Waals surface area contributed by atoms with Crippen molar-refractivity contribution in [2.45, 2.75) is 25.4 Å². The summed E-state index contributed by atoms with van der Waals surface area (Å²) < 4.78 is 10.9. The Labute approximate surface area is 124 Å². The van der Waals surface area contributed by atoms with Gasteiger partial charge in [-0.15, -0.1) is 0 Å². The predicted octanol–water partition coefficient (Wildman–Crippen LogP) is 3.25. The van der Waals surface area contributed by atoms with E-state index in [0.717, 1.165) is 37.0 Å². The van der Waals surface area contributed by atoms with E-state index in [1.807, 2.05) is 36.4 Å². The van der Waals surface area contributed by atoms with Crippen molar-refractivity contribution in [3.63, 3.8) is 0 Å². The summed E-state index contributed by atoms with van der Waals surface area (Å²) in [7, 11) is 0. The Bertz CT molecular complexity index is 585. The molecule has 1 fully saturated rings. The smallest absolute Gasteiger partial charge is 0.287 e. The van der Waals surface area contributed by atoms with Gasteiger partial charge in [-0.2, -0.15) is 0 Å². The fourth-order valence-corrected chi connectivity index (χ4v) is 2.63. The molecule has 0 bridgehead atoms. The summed E-state index contributed by atoms with van der Waals surface area (Å²) in [5.74, 6) is 0.199. The number of benzene rings is 1. The highest BCUT2D eigenvalue weighted by molar-refractivity contribution is 5.98. The maximum absolute atomic E-state index is 12.2. The Morgan fingerprint density at radius 1 is 1.24 bits per heavy atom. The first-order valence-corrected chi connectivity index (χ1v) is 7.37. The van der Waals surface area contributed by atoms with Crippen LogP contribution in [0.1, 0.15) is 29.8 Å². The molecule has 2 aromatic rings. The Morgan fingerprint density at radius 3 is 2.86 bits per heavy atom. The van der Waals surface area contributed by atoms with Crippen LogP contribution in [0, 0.1) is 0 Å². The molecule has 1 amide bonds. The highest BCUT2D eigenvalue weighted by atomic mass is 16.5. The molecule has 1 atom stereocenters. The van der Waals surface area contributed by atoms with E-state index in [-0.39, 0.29) is 12.0 Å². The molecule has 0 spiro atoms. The van der Waals surface area contributed by atoms with Gasteiger partial charge in [0.05, 0.1) is 12.4 Å². The number of rotatable bonds is 5. The lowest BCUT2D eigenvalue weighted by atomic mass is 10.1. The summed E-state index contributed by atoms with van der Waals surface area (Å²) >= 11 is 0. The third-order valence-electron chi connectivity index (χ3n) is 3.73. The van der Waals surface area contributed by atoms with E-state index >= 15 is 0 Å². The zero-order valence-corrected chi connectivity index (χ0v) is 11.9. The monoisotopic (exact) mass is 285 g/mol. The van der Waals surface area contributed by atoms with Crippen molar-refractivity contribution in [1.82, 2.24) is 5.32 Å². The summed E-state index contributed by atoms with van der Waals surface area (Å²) in [5, 5.41) is 2.91. The van der Waals surface area contributed by atoms with E-state index in [2.05, 4.69) is 5.32 Å². The lowest BCUT2D eigenvalue weighted by Crippen LogP contribution is -2.27. The molecule has 21 heavy (non-hydrogen) atoms. The Kier molecular flexibility index (Phi) is 4.36. The average molecular weight is 285 g/mol. The quantitative estimate of drug-likeness (QED) is 0.917. The molecule has 4 heteroatoms. The third-order valence-corrected chi connectivity index (χ3v) is 3.73. The van der Waals surface area contributed by atoms with E-state index in [9.17, 15) is 4.79 Å². The first-order valence-electron chi connectivity index (χ1n) is 7.37.